The number of para-hydroxylation sites is 1. The van der Waals surface area contributed by atoms with Gasteiger partial charge in [-0.15, -0.1) is 24.0 Å². The molecule has 2 aromatic carbocycles. The van der Waals surface area contributed by atoms with E-state index in [1.807, 2.05) is 50.2 Å². The molecule has 1 saturated heterocycles. The molecule has 3 rings (SSSR count). The lowest BCUT2D eigenvalue weighted by Crippen LogP contribution is -2.52. The Morgan fingerprint density at radius 2 is 1.71 bits per heavy atom. The van der Waals surface area contributed by atoms with Gasteiger partial charge in [0.25, 0.3) is 0 Å². The molecular weight excluding hydrogens is 508 g/mol. The normalized spacial score (nSPS) is 14.3. The zero-order valence-corrected chi connectivity index (χ0v) is 20.6. The van der Waals surface area contributed by atoms with Crippen molar-refractivity contribution in [3.05, 3.63) is 59.9 Å². The zero-order chi connectivity index (χ0) is 21.5. The molecule has 2 N–H and O–H groups in total. The van der Waals surface area contributed by atoms with Crippen LogP contribution in [0.3, 0.4) is 0 Å². The van der Waals surface area contributed by atoms with Gasteiger partial charge >= 0.3 is 0 Å². The van der Waals surface area contributed by atoms with Crippen molar-refractivity contribution in [2.24, 2.45) is 10.9 Å². The van der Waals surface area contributed by atoms with Crippen LogP contribution >= 0.6 is 24.0 Å². The van der Waals surface area contributed by atoms with Crippen LogP contribution in [0.4, 0.5) is 15.8 Å². The molecule has 1 aliphatic heterocycles. The molecule has 0 atom stereocenters. The number of amides is 1. The predicted octanol–water partition coefficient (Wildman–Crippen LogP) is 3.94. The molecule has 0 aromatic heterocycles. The van der Waals surface area contributed by atoms with Crippen molar-refractivity contribution in [1.82, 2.24) is 10.2 Å². The van der Waals surface area contributed by atoms with Crippen molar-refractivity contribution in [2.45, 2.75) is 20.4 Å². The second-order valence-corrected chi connectivity index (χ2v) is 7.67. The first-order valence-electron chi connectivity index (χ1n) is 10.3. The number of carbonyl (C=O) groups excluding carboxylic acids is 1. The molecule has 2 aromatic rings. The number of nitrogens with zero attached hydrogens (tertiary/aromatic N) is 3. The van der Waals surface area contributed by atoms with Crippen LogP contribution in [0, 0.1) is 11.7 Å². The molecule has 1 aliphatic rings. The standard InChI is InChI=1S/C23H30FN5O.HI/c1-17(2)22(30)27-19-10-8-18(9-11-19)16-26-23(25-3)29-14-12-28(13-15-29)21-7-5-4-6-20(21)24;/h4-11,17H,12-16H2,1-3H3,(H,25,26)(H,27,30);1H. The van der Waals surface area contributed by atoms with Gasteiger partial charge in [0.1, 0.15) is 5.82 Å². The SMILES string of the molecule is CN=C(NCc1ccc(NC(=O)C(C)C)cc1)N1CCN(c2ccccc2F)CC1.I. The molecule has 0 radical (unpaired) electrons. The van der Waals surface area contributed by atoms with Gasteiger partial charge in [0.15, 0.2) is 5.96 Å². The van der Waals surface area contributed by atoms with Gasteiger partial charge < -0.3 is 20.4 Å². The van der Waals surface area contributed by atoms with Crippen molar-refractivity contribution in [1.29, 1.82) is 0 Å². The van der Waals surface area contributed by atoms with Gasteiger partial charge in [0, 0.05) is 51.4 Å². The number of hydrogen-bond donors (Lipinski definition) is 2. The number of halogens is 2. The van der Waals surface area contributed by atoms with Gasteiger partial charge in [-0.05, 0) is 29.8 Å². The van der Waals surface area contributed by atoms with Crippen molar-refractivity contribution < 1.29 is 9.18 Å². The summed E-state index contributed by atoms with van der Waals surface area (Å²) < 4.78 is 14.0. The number of guanidine groups is 1. The number of hydrogen-bond acceptors (Lipinski definition) is 3. The lowest BCUT2D eigenvalue weighted by atomic mass is 10.1. The maximum Gasteiger partial charge on any atom is 0.226 e. The molecule has 0 bridgehead atoms. The van der Waals surface area contributed by atoms with Crippen LogP contribution in [0.5, 0.6) is 0 Å². The van der Waals surface area contributed by atoms with Gasteiger partial charge in [-0.1, -0.05) is 38.1 Å². The van der Waals surface area contributed by atoms with Crippen LogP contribution in [0.15, 0.2) is 53.5 Å². The number of benzene rings is 2. The number of nitrogens with one attached hydrogen (secondary N) is 2. The highest BCUT2D eigenvalue weighted by Gasteiger charge is 2.21. The molecule has 1 heterocycles. The lowest BCUT2D eigenvalue weighted by molar-refractivity contribution is -0.118. The summed E-state index contributed by atoms with van der Waals surface area (Å²) in [6, 6.07) is 14.7. The molecule has 0 saturated carbocycles. The molecule has 0 aliphatic carbocycles. The van der Waals surface area contributed by atoms with Gasteiger partial charge in [0.2, 0.25) is 5.91 Å². The van der Waals surface area contributed by atoms with Gasteiger partial charge in [-0.25, -0.2) is 4.39 Å². The second kappa shape index (κ2) is 11.9. The van der Waals surface area contributed by atoms with E-state index in [1.54, 1.807) is 13.1 Å². The molecule has 1 fully saturated rings. The van der Waals surface area contributed by atoms with E-state index in [1.165, 1.54) is 6.07 Å². The van der Waals surface area contributed by atoms with Gasteiger partial charge in [-0.2, -0.15) is 0 Å². The molecule has 1 amide bonds. The van der Waals surface area contributed by atoms with E-state index in [9.17, 15) is 9.18 Å². The van der Waals surface area contributed by atoms with Crippen LogP contribution < -0.4 is 15.5 Å². The molecule has 6 nitrogen and oxygen atoms in total. The molecule has 0 spiro atoms. The first-order chi connectivity index (χ1) is 14.5. The highest BCUT2D eigenvalue weighted by molar-refractivity contribution is 14.0. The van der Waals surface area contributed by atoms with Crippen LogP contribution in [0.2, 0.25) is 0 Å². The van der Waals surface area contributed by atoms with Crippen LogP contribution in [0.25, 0.3) is 0 Å². The summed E-state index contributed by atoms with van der Waals surface area (Å²) in [6.45, 7) is 7.41. The quantitative estimate of drug-likeness (QED) is 0.344. The molecule has 0 unspecified atom stereocenters. The maximum atomic E-state index is 14.0. The minimum atomic E-state index is -0.179. The Balaban J connectivity index is 0.00000341. The van der Waals surface area contributed by atoms with E-state index in [0.29, 0.717) is 12.2 Å². The summed E-state index contributed by atoms with van der Waals surface area (Å²) in [7, 11) is 1.77. The predicted molar refractivity (Wildman–Crippen MR) is 136 cm³/mol. The zero-order valence-electron chi connectivity index (χ0n) is 18.3. The average Bonchev–Trinajstić information content (AvgIpc) is 2.76. The summed E-state index contributed by atoms with van der Waals surface area (Å²) in [6.07, 6.45) is 0. The fourth-order valence-electron chi connectivity index (χ4n) is 3.37. The average molecular weight is 539 g/mol. The Morgan fingerprint density at radius 1 is 1.06 bits per heavy atom. The Labute approximate surface area is 200 Å². The van der Waals surface area contributed by atoms with E-state index in [2.05, 4.69) is 25.4 Å². The number of rotatable bonds is 5. The second-order valence-electron chi connectivity index (χ2n) is 7.67. The molecular formula is C23H31FIN5O. The highest BCUT2D eigenvalue weighted by Crippen LogP contribution is 2.20. The van der Waals surface area contributed by atoms with Crippen LogP contribution in [0.1, 0.15) is 19.4 Å². The fourth-order valence-corrected chi connectivity index (χ4v) is 3.37. The first-order valence-corrected chi connectivity index (χ1v) is 10.3. The first kappa shape index (κ1) is 24.9. The van der Waals surface area contributed by atoms with Crippen molar-refractivity contribution >= 4 is 47.2 Å². The smallest absolute Gasteiger partial charge is 0.226 e. The van der Waals surface area contributed by atoms with Gasteiger partial charge in [0.05, 0.1) is 5.69 Å². The van der Waals surface area contributed by atoms with Crippen LogP contribution in [-0.4, -0.2) is 50.0 Å². The Hall–Kier alpha value is -2.36. The summed E-state index contributed by atoms with van der Waals surface area (Å²) in [4.78, 5) is 20.5. The fraction of sp³-hybridized carbons (Fsp3) is 0.391. The summed E-state index contributed by atoms with van der Waals surface area (Å²) in [5, 5.41) is 6.29. The Bertz CT molecular complexity index is 880. The van der Waals surface area contributed by atoms with Crippen molar-refractivity contribution in [3.63, 3.8) is 0 Å². The highest BCUT2D eigenvalue weighted by atomic mass is 127. The van der Waals surface area contributed by atoms with Crippen molar-refractivity contribution in [3.8, 4) is 0 Å². The number of anilines is 2. The number of piperazine rings is 1. The third-order valence-electron chi connectivity index (χ3n) is 5.18. The Kier molecular flexibility index (Phi) is 9.54. The summed E-state index contributed by atoms with van der Waals surface area (Å²) in [5.41, 5.74) is 2.56. The number of aliphatic imine (C=N–C) groups is 1. The van der Waals surface area contributed by atoms with E-state index in [4.69, 9.17) is 0 Å². The van der Waals surface area contributed by atoms with E-state index < -0.39 is 0 Å². The Morgan fingerprint density at radius 3 is 2.29 bits per heavy atom. The van der Waals surface area contributed by atoms with E-state index in [-0.39, 0.29) is 41.6 Å². The largest absolute Gasteiger partial charge is 0.366 e. The minimum Gasteiger partial charge on any atom is -0.366 e. The maximum absolute atomic E-state index is 14.0. The number of carbonyl (C=O) groups is 1. The summed E-state index contributed by atoms with van der Waals surface area (Å²) >= 11 is 0. The molecule has 168 valence electrons. The van der Waals surface area contributed by atoms with Crippen LogP contribution in [-0.2, 0) is 11.3 Å². The lowest BCUT2D eigenvalue weighted by Gasteiger charge is -2.37. The summed E-state index contributed by atoms with van der Waals surface area (Å²) in [5.74, 6) is 0.617. The molecule has 8 heteroatoms. The van der Waals surface area contributed by atoms with Gasteiger partial charge in [-0.3, -0.25) is 9.79 Å². The topological polar surface area (TPSA) is 60.0 Å². The third-order valence-corrected chi connectivity index (χ3v) is 5.18. The monoisotopic (exact) mass is 539 g/mol. The van der Waals surface area contributed by atoms with Crippen molar-refractivity contribution in [2.75, 3.05) is 43.4 Å². The minimum absolute atomic E-state index is 0. The van der Waals surface area contributed by atoms with E-state index in [0.717, 1.165) is 43.4 Å². The molecule has 31 heavy (non-hydrogen) atoms. The third kappa shape index (κ3) is 6.81. The van der Waals surface area contributed by atoms with E-state index >= 15 is 0 Å².